The van der Waals surface area contributed by atoms with Gasteiger partial charge in [0.05, 0.1) is 18.1 Å². The van der Waals surface area contributed by atoms with Crippen molar-refractivity contribution in [2.75, 3.05) is 12.4 Å². The van der Waals surface area contributed by atoms with E-state index in [0.717, 1.165) is 17.3 Å². The third kappa shape index (κ3) is 5.34. The van der Waals surface area contributed by atoms with Crippen molar-refractivity contribution in [3.8, 4) is 5.75 Å². The fourth-order valence-corrected chi connectivity index (χ4v) is 3.27. The summed E-state index contributed by atoms with van der Waals surface area (Å²) in [6.45, 7) is 8.12. The first-order valence-corrected chi connectivity index (χ1v) is 9.74. The molecule has 0 aliphatic heterocycles. The number of carbonyl (C=O) groups excluding carboxylic acids is 1. The molecule has 0 fully saturated rings. The topological polar surface area (TPSA) is 69.0 Å². The Balaban J connectivity index is 1.92. The highest BCUT2D eigenvalue weighted by Crippen LogP contribution is 2.31. The van der Waals surface area contributed by atoms with E-state index in [1.54, 1.807) is 6.07 Å². The van der Waals surface area contributed by atoms with Crippen molar-refractivity contribution in [2.24, 2.45) is 5.41 Å². The molecule has 1 amide bonds. The number of fused-ring (bicyclic) bond motifs is 1. The maximum atomic E-state index is 12.8. The first kappa shape index (κ1) is 22.6. The summed E-state index contributed by atoms with van der Waals surface area (Å²) in [5.41, 5.74) is 1.77. The van der Waals surface area contributed by atoms with Crippen LogP contribution in [0.1, 0.15) is 44.1 Å². The van der Waals surface area contributed by atoms with E-state index in [4.69, 9.17) is 4.74 Å². The standard InChI is InChI=1S/C22H25F3N4O2/c1-13-8-15-16(29(13)12-14-6-7-18(26-11-14)22(23,24)25)9-17(31-5)20(27-15)28-19(30)10-21(2,3)4/h6-9,11H,10,12H2,1-5H3,(H,27,28,30). The molecule has 0 aromatic carbocycles. The molecule has 0 saturated carbocycles. The Kier molecular flexibility index (Phi) is 5.98. The molecule has 166 valence electrons. The average molecular weight is 434 g/mol. The number of methoxy groups -OCH3 is 1. The molecule has 31 heavy (non-hydrogen) atoms. The summed E-state index contributed by atoms with van der Waals surface area (Å²) in [6.07, 6.45) is -2.92. The molecular formula is C22H25F3N4O2. The Morgan fingerprint density at radius 1 is 1.19 bits per heavy atom. The Hall–Kier alpha value is -3.10. The zero-order valence-corrected chi connectivity index (χ0v) is 18.1. The van der Waals surface area contributed by atoms with Gasteiger partial charge in [-0.05, 0) is 30.0 Å². The van der Waals surface area contributed by atoms with Crippen LogP contribution in [0.15, 0.2) is 30.5 Å². The van der Waals surface area contributed by atoms with Crippen molar-refractivity contribution < 1.29 is 22.7 Å². The van der Waals surface area contributed by atoms with Gasteiger partial charge in [0.1, 0.15) is 5.69 Å². The number of nitrogens with one attached hydrogen (secondary N) is 1. The van der Waals surface area contributed by atoms with Crippen molar-refractivity contribution in [3.63, 3.8) is 0 Å². The fraction of sp³-hybridized carbons (Fsp3) is 0.409. The Bertz CT molecular complexity index is 1100. The molecule has 9 heteroatoms. The second-order valence-electron chi connectivity index (χ2n) is 8.65. The molecule has 0 radical (unpaired) electrons. The van der Waals surface area contributed by atoms with E-state index in [2.05, 4.69) is 15.3 Å². The zero-order valence-electron chi connectivity index (χ0n) is 18.1. The van der Waals surface area contributed by atoms with E-state index in [1.165, 1.54) is 19.4 Å². The third-order valence-corrected chi connectivity index (χ3v) is 4.68. The molecule has 0 saturated heterocycles. The largest absolute Gasteiger partial charge is 0.493 e. The van der Waals surface area contributed by atoms with E-state index >= 15 is 0 Å². The van der Waals surface area contributed by atoms with Gasteiger partial charge in [-0.2, -0.15) is 13.2 Å². The normalized spacial score (nSPS) is 12.3. The minimum absolute atomic E-state index is 0.162. The minimum Gasteiger partial charge on any atom is -0.493 e. The van der Waals surface area contributed by atoms with Crippen molar-refractivity contribution in [2.45, 2.75) is 46.8 Å². The SMILES string of the molecule is COc1cc2c(cc(C)n2Cc2ccc(C(F)(F)F)nc2)nc1NC(=O)CC(C)(C)C. The highest BCUT2D eigenvalue weighted by Gasteiger charge is 2.32. The summed E-state index contributed by atoms with van der Waals surface area (Å²) in [6, 6.07) is 6.00. The van der Waals surface area contributed by atoms with Crippen LogP contribution < -0.4 is 10.1 Å². The Morgan fingerprint density at radius 3 is 2.45 bits per heavy atom. The van der Waals surface area contributed by atoms with Gasteiger partial charge in [-0.1, -0.05) is 26.8 Å². The van der Waals surface area contributed by atoms with Crippen LogP contribution in [-0.2, 0) is 17.5 Å². The van der Waals surface area contributed by atoms with Crippen LogP contribution in [0.4, 0.5) is 19.0 Å². The van der Waals surface area contributed by atoms with Gasteiger partial charge in [0.2, 0.25) is 5.91 Å². The lowest BCUT2D eigenvalue weighted by atomic mass is 9.92. The van der Waals surface area contributed by atoms with Gasteiger partial charge in [-0.25, -0.2) is 4.98 Å². The van der Waals surface area contributed by atoms with Crippen LogP contribution >= 0.6 is 0 Å². The molecule has 3 aromatic rings. The maximum Gasteiger partial charge on any atom is 0.433 e. The smallest absolute Gasteiger partial charge is 0.433 e. The maximum absolute atomic E-state index is 12.8. The van der Waals surface area contributed by atoms with E-state index in [0.29, 0.717) is 35.6 Å². The number of rotatable bonds is 5. The quantitative estimate of drug-likeness (QED) is 0.600. The molecule has 3 heterocycles. The van der Waals surface area contributed by atoms with Gasteiger partial charge in [-0.15, -0.1) is 0 Å². The number of aromatic nitrogens is 3. The molecule has 0 atom stereocenters. The highest BCUT2D eigenvalue weighted by molar-refractivity contribution is 5.93. The number of halogens is 3. The number of carbonyl (C=O) groups is 1. The van der Waals surface area contributed by atoms with Crippen LogP contribution in [0.25, 0.3) is 11.0 Å². The van der Waals surface area contributed by atoms with Crippen LogP contribution in [0, 0.1) is 12.3 Å². The average Bonchev–Trinajstić information content (AvgIpc) is 2.93. The van der Waals surface area contributed by atoms with Gasteiger partial charge in [-0.3, -0.25) is 9.78 Å². The lowest BCUT2D eigenvalue weighted by molar-refractivity contribution is -0.141. The van der Waals surface area contributed by atoms with E-state index in [1.807, 2.05) is 38.3 Å². The van der Waals surface area contributed by atoms with E-state index < -0.39 is 11.9 Å². The van der Waals surface area contributed by atoms with Gasteiger partial charge in [0, 0.05) is 30.9 Å². The molecule has 0 aliphatic carbocycles. The van der Waals surface area contributed by atoms with Crippen LogP contribution in [-0.4, -0.2) is 27.6 Å². The summed E-state index contributed by atoms with van der Waals surface area (Å²) in [5.74, 6) is 0.571. The number of alkyl halides is 3. The zero-order chi connectivity index (χ0) is 23.0. The molecule has 0 bridgehead atoms. The predicted molar refractivity (Wildman–Crippen MR) is 112 cm³/mol. The molecule has 0 unspecified atom stereocenters. The number of ether oxygens (including phenoxy) is 1. The Morgan fingerprint density at radius 2 is 1.90 bits per heavy atom. The first-order chi connectivity index (χ1) is 14.4. The number of hydrogen-bond donors (Lipinski definition) is 1. The molecule has 3 rings (SSSR count). The second kappa shape index (κ2) is 8.20. The molecule has 0 aliphatic rings. The van der Waals surface area contributed by atoms with Crippen LogP contribution in [0.3, 0.4) is 0 Å². The third-order valence-electron chi connectivity index (χ3n) is 4.68. The van der Waals surface area contributed by atoms with Crippen molar-refractivity contribution in [1.82, 2.24) is 14.5 Å². The molecular weight excluding hydrogens is 409 g/mol. The summed E-state index contributed by atoms with van der Waals surface area (Å²) in [4.78, 5) is 20.4. The molecule has 0 spiro atoms. The lowest BCUT2D eigenvalue weighted by Crippen LogP contribution is -2.20. The van der Waals surface area contributed by atoms with Crippen molar-refractivity contribution >= 4 is 22.8 Å². The minimum atomic E-state index is -4.47. The van der Waals surface area contributed by atoms with Crippen LogP contribution in [0.2, 0.25) is 0 Å². The van der Waals surface area contributed by atoms with Crippen molar-refractivity contribution in [3.05, 3.63) is 47.4 Å². The van der Waals surface area contributed by atoms with Gasteiger partial charge >= 0.3 is 6.18 Å². The van der Waals surface area contributed by atoms with Gasteiger partial charge < -0.3 is 14.6 Å². The summed E-state index contributed by atoms with van der Waals surface area (Å²) in [5, 5.41) is 2.81. The molecule has 6 nitrogen and oxygen atoms in total. The fourth-order valence-electron chi connectivity index (χ4n) is 3.27. The first-order valence-electron chi connectivity index (χ1n) is 9.74. The van der Waals surface area contributed by atoms with E-state index in [-0.39, 0.29) is 11.3 Å². The van der Waals surface area contributed by atoms with Gasteiger partial charge in [0.25, 0.3) is 0 Å². The van der Waals surface area contributed by atoms with Crippen LogP contribution in [0.5, 0.6) is 5.75 Å². The highest BCUT2D eigenvalue weighted by atomic mass is 19.4. The van der Waals surface area contributed by atoms with Crippen molar-refractivity contribution in [1.29, 1.82) is 0 Å². The molecule has 3 aromatic heterocycles. The second-order valence-corrected chi connectivity index (χ2v) is 8.65. The summed E-state index contributed by atoms with van der Waals surface area (Å²) >= 11 is 0. The Labute approximate surface area is 178 Å². The number of pyridine rings is 2. The number of anilines is 1. The number of nitrogens with zero attached hydrogens (tertiary/aromatic N) is 3. The number of hydrogen-bond acceptors (Lipinski definition) is 4. The lowest BCUT2D eigenvalue weighted by Gasteiger charge is -2.18. The number of aryl methyl sites for hydroxylation is 1. The molecule has 1 N–H and O–H groups in total. The summed E-state index contributed by atoms with van der Waals surface area (Å²) in [7, 11) is 1.49. The van der Waals surface area contributed by atoms with Gasteiger partial charge in [0.15, 0.2) is 11.6 Å². The summed E-state index contributed by atoms with van der Waals surface area (Å²) < 4.78 is 45.6. The predicted octanol–water partition coefficient (Wildman–Crippen LogP) is 5.19. The van der Waals surface area contributed by atoms with E-state index in [9.17, 15) is 18.0 Å². The monoisotopic (exact) mass is 434 g/mol. The number of amides is 1.